The van der Waals surface area contributed by atoms with Crippen molar-refractivity contribution in [2.75, 3.05) is 52.9 Å². The topological polar surface area (TPSA) is 170 Å². The monoisotopic (exact) mass is 1010 g/mol. The molecule has 5 aliphatic heterocycles. The zero-order valence-corrected chi connectivity index (χ0v) is 42.9. The predicted octanol–water partition coefficient (Wildman–Crippen LogP) is 2.12. The van der Waals surface area contributed by atoms with Gasteiger partial charge in [-0.05, 0) is 116 Å². The van der Waals surface area contributed by atoms with Crippen LogP contribution in [0.3, 0.4) is 0 Å². The molecule has 0 spiro atoms. The molecule has 0 aromatic carbocycles. The summed E-state index contributed by atoms with van der Waals surface area (Å²) in [5.74, 6) is 2.07. The Kier molecular flexibility index (Phi) is 21.8. The third kappa shape index (κ3) is 10.9. The molecule has 9 aliphatic rings. The van der Waals surface area contributed by atoms with E-state index in [-0.39, 0.29) is 158 Å². The maximum absolute atomic E-state index is 6.94. The summed E-state index contributed by atoms with van der Waals surface area (Å²) < 4.78 is 54.6. The molecule has 4 aliphatic carbocycles. The molecule has 0 aromatic heterocycles. The number of rotatable bonds is 16. The zero-order valence-electron chi connectivity index (χ0n) is 41.3. The molecule has 0 aromatic rings. The van der Waals surface area contributed by atoms with Crippen molar-refractivity contribution >= 4 is 35.8 Å². The van der Waals surface area contributed by atoms with E-state index < -0.39 is 0 Å². The standard InChI is InChI=1S/C48H88N8O8.2ClH.H4Si/c1-9-57-33-29-31(35(59-11-3)39(63-15-7)37(33)61-13-5)47-54-45(29)52-43-27-23-19-17-21-25(27)41(50-43)49-42-26-22-18-20-24-28(26)44(51-42)53-46-30-32(48(55-46)56-47)36(60-12-4)40(64-16-8)38(62-14-6)34(30)58-10-2;;;/h25-56H,9-24H2,1-8H3;2*1H;1H4. The molecule has 19 heteroatoms. The molecule has 8 N–H and O–H groups in total. The van der Waals surface area contributed by atoms with Crippen molar-refractivity contribution in [1.82, 2.24) is 42.5 Å². The number of hydrogen-bond donors (Lipinski definition) is 8. The van der Waals surface area contributed by atoms with Crippen LogP contribution >= 0.6 is 24.8 Å². The normalized spacial score (nSPS) is 47.6. The first kappa shape index (κ1) is 56.5. The van der Waals surface area contributed by atoms with Crippen LogP contribution < -0.4 is 42.5 Å². The molecule has 8 bridgehead atoms. The second-order valence-electron chi connectivity index (χ2n) is 20.0. The lowest BCUT2D eigenvalue weighted by Crippen LogP contribution is -2.67. The van der Waals surface area contributed by atoms with Crippen LogP contribution in [-0.4, -0.2) is 162 Å². The molecule has 4 saturated carbocycles. The van der Waals surface area contributed by atoms with Crippen molar-refractivity contribution in [3.05, 3.63) is 0 Å². The summed E-state index contributed by atoms with van der Waals surface area (Å²) in [5.41, 5.74) is 0. The van der Waals surface area contributed by atoms with Crippen LogP contribution in [-0.2, 0) is 37.9 Å². The highest BCUT2D eigenvalue weighted by atomic mass is 35.5. The number of ether oxygens (including phenoxy) is 8. The van der Waals surface area contributed by atoms with Crippen LogP contribution in [0.2, 0.25) is 0 Å². The second-order valence-corrected chi connectivity index (χ2v) is 20.0. The van der Waals surface area contributed by atoms with Crippen LogP contribution in [0.5, 0.6) is 0 Å². The minimum atomic E-state index is -0.311. The summed E-state index contributed by atoms with van der Waals surface area (Å²) in [7, 11) is 0. The first-order valence-electron chi connectivity index (χ1n) is 26.4. The van der Waals surface area contributed by atoms with Crippen molar-refractivity contribution in [3.8, 4) is 0 Å². The molecule has 5 heterocycles. The van der Waals surface area contributed by atoms with Gasteiger partial charge in [0.05, 0.1) is 73.7 Å². The van der Waals surface area contributed by atoms with Gasteiger partial charge in [0.25, 0.3) is 0 Å². The molecule has 16 nitrogen and oxygen atoms in total. The van der Waals surface area contributed by atoms with Crippen LogP contribution in [0.4, 0.5) is 0 Å². The molecule has 24 atom stereocenters. The van der Waals surface area contributed by atoms with Gasteiger partial charge in [0.2, 0.25) is 0 Å². The van der Waals surface area contributed by atoms with E-state index in [4.69, 9.17) is 37.9 Å². The number of fused-ring (bicyclic) bond motifs is 20. The lowest BCUT2D eigenvalue weighted by Gasteiger charge is -2.51. The van der Waals surface area contributed by atoms with E-state index in [1.165, 1.54) is 51.4 Å². The first-order chi connectivity index (χ1) is 31.4. The van der Waals surface area contributed by atoms with Crippen molar-refractivity contribution in [2.45, 2.75) is 205 Å². The predicted molar refractivity (Wildman–Crippen MR) is 269 cm³/mol. The number of nitrogens with one attached hydrogen (secondary N) is 8. The van der Waals surface area contributed by atoms with Crippen molar-refractivity contribution in [3.63, 3.8) is 0 Å². The molecule has 392 valence electrons. The highest BCUT2D eigenvalue weighted by Gasteiger charge is 2.66. The van der Waals surface area contributed by atoms with Gasteiger partial charge in [0.15, 0.2) is 0 Å². The molecule has 0 amide bonds. The first-order valence-corrected chi connectivity index (χ1v) is 26.4. The van der Waals surface area contributed by atoms with Crippen molar-refractivity contribution < 1.29 is 37.9 Å². The highest BCUT2D eigenvalue weighted by Crippen LogP contribution is 2.49. The van der Waals surface area contributed by atoms with Crippen LogP contribution in [0.1, 0.15) is 107 Å². The van der Waals surface area contributed by atoms with E-state index in [1.807, 2.05) is 0 Å². The summed E-state index contributed by atoms with van der Waals surface area (Å²) >= 11 is 0. The Labute approximate surface area is 419 Å². The van der Waals surface area contributed by atoms with E-state index in [1.54, 1.807) is 0 Å². The lowest BCUT2D eigenvalue weighted by molar-refractivity contribution is -0.238. The maximum Gasteiger partial charge on any atom is 0.113 e. The largest absolute Gasteiger partial charge is 0.375 e. The number of halogens is 2. The zero-order chi connectivity index (χ0) is 44.5. The third-order valence-electron chi connectivity index (χ3n) is 17.1. The molecule has 67 heavy (non-hydrogen) atoms. The molecular formula is C48H94Cl2N8O8Si. The van der Waals surface area contributed by atoms with Gasteiger partial charge in [0, 0.05) is 76.5 Å². The summed E-state index contributed by atoms with van der Waals surface area (Å²) in [5, 5.41) is 34.1. The van der Waals surface area contributed by atoms with Crippen molar-refractivity contribution in [1.29, 1.82) is 0 Å². The summed E-state index contributed by atoms with van der Waals surface area (Å²) in [6.07, 6.45) is 7.91. The summed E-state index contributed by atoms with van der Waals surface area (Å²) in [4.78, 5) is 0. The third-order valence-corrected chi connectivity index (χ3v) is 17.1. The Balaban J connectivity index is 0.00000247. The van der Waals surface area contributed by atoms with Gasteiger partial charge in [-0.15, -0.1) is 24.8 Å². The average Bonchev–Trinajstić information content (AvgIpc) is 4.04. The fourth-order valence-corrected chi connectivity index (χ4v) is 15.1. The molecule has 9 fully saturated rings. The Bertz CT molecular complexity index is 1380. The van der Waals surface area contributed by atoms with Gasteiger partial charge < -0.3 is 37.9 Å². The molecular weight excluding hydrogens is 916 g/mol. The van der Waals surface area contributed by atoms with Gasteiger partial charge in [-0.1, -0.05) is 25.7 Å². The minimum absolute atomic E-state index is 0. The van der Waals surface area contributed by atoms with E-state index >= 15 is 0 Å². The number of hydrogen-bond acceptors (Lipinski definition) is 16. The van der Waals surface area contributed by atoms with E-state index in [2.05, 4.69) is 97.9 Å². The fourth-order valence-electron chi connectivity index (χ4n) is 15.1. The van der Waals surface area contributed by atoms with Crippen LogP contribution in [0.15, 0.2) is 0 Å². The van der Waals surface area contributed by atoms with E-state index in [0.29, 0.717) is 76.5 Å². The SMILES string of the molecule is CCOC1C(OCC)C(OCC)C2C3NC(NC4NC(NC5NC(NC6NC(N3)C3C(OCC)C(OCC)C(OCC)C(OCC)C63)C3CCCCC53)C3CCCCC43)C2C1OCC.Cl.Cl.[SiH4]. The minimum Gasteiger partial charge on any atom is -0.375 e. The van der Waals surface area contributed by atoms with E-state index in [9.17, 15) is 0 Å². The Morgan fingerprint density at radius 1 is 0.269 bits per heavy atom. The Morgan fingerprint density at radius 3 is 0.627 bits per heavy atom. The Morgan fingerprint density at radius 2 is 0.433 bits per heavy atom. The van der Waals surface area contributed by atoms with Gasteiger partial charge >= 0.3 is 0 Å². The van der Waals surface area contributed by atoms with Crippen LogP contribution in [0.25, 0.3) is 0 Å². The van der Waals surface area contributed by atoms with Gasteiger partial charge in [-0.25, -0.2) is 0 Å². The van der Waals surface area contributed by atoms with Gasteiger partial charge in [-0.2, -0.15) is 0 Å². The quantitative estimate of drug-likeness (QED) is 0.106. The lowest BCUT2D eigenvalue weighted by atomic mass is 9.70. The molecule has 5 saturated heterocycles. The Hall–Kier alpha value is 0.157. The second kappa shape index (κ2) is 25.9. The average molecular weight is 1010 g/mol. The highest BCUT2D eigenvalue weighted by molar-refractivity contribution is 5.85. The van der Waals surface area contributed by atoms with Crippen molar-refractivity contribution in [2.24, 2.45) is 47.3 Å². The van der Waals surface area contributed by atoms with Crippen LogP contribution in [0, 0.1) is 47.3 Å². The molecule has 24 unspecified atom stereocenters. The van der Waals surface area contributed by atoms with Gasteiger partial charge in [0.1, 0.15) is 24.4 Å². The van der Waals surface area contributed by atoms with E-state index in [0.717, 1.165) is 0 Å². The fraction of sp³-hybridized carbons (Fsp3) is 1.00. The summed E-state index contributed by atoms with van der Waals surface area (Å²) in [6, 6.07) is 0. The summed E-state index contributed by atoms with van der Waals surface area (Å²) in [6.45, 7) is 21.2. The molecule has 0 radical (unpaired) electrons. The smallest absolute Gasteiger partial charge is 0.113 e. The van der Waals surface area contributed by atoms with Gasteiger partial charge in [-0.3, -0.25) is 42.5 Å². The maximum atomic E-state index is 6.94. The molecule has 9 rings (SSSR count).